The highest BCUT2D eigenvalue weighted by atomic mass is 32.2. The van der Waals surface area contributed by atoms with E-state index in [9.17, 15) is 12.8 Å². The molecule has 1 atom stereocenters. The minimum atomic E-state index is -3.75. The van der Waals surface area contributed by atoms with Crippen molar-refractivity contribution < 1.29 is 17.5 Å². The first-order chi connectivity index (χ1) is 13.3. The van der Waals surface area contributed by atoms with Crippen molar-refractivity contribution in [3.63, 3.8) is 0 Å². The van der Waals surface area contributed by atoms with Gasteiger partial charge in [0.05, 0.1) is 11.5 Å². The van der Waals surface area contributed by atoms with Crippen LogP contribution in [0.5, 0.6) is 5.75 Å². The first-order valence-corrected chi connectivity index (χ1v) is 10.9. The van der Waals surface area contributed by atoms with Gasteiger partial charge in [0.2, 0.25) is 10.0 Å². The lowest BCUT2D eigenvalue weighted by Crippen LogP contribution is -2.39. The predicted molar refractivity (Wildman–Crippen MR) is 107 cm³/mol. The fourth-order valence-electron chi connectivity index (χ4n) is 3.63. The van der Waals surface area contributed by atoms with Crippen molar-refractivity contribution in [3.8, 4) is 5.75 Å². The Morgan fingerprint density at radius 3 is 2.75 bits per heavy atom. The van der Waals surface area contributed by atoms with Gasteiger partial charge >= 0.3 is 0 Å². The molecule has 1 unspecified atom stereocenters. The van der Waals surface area contributed by atoms with Crippen molar-refractivity contribution in [3.05, 3.63) is 59.4 Å². The first kappa shape index (κ1) is 20.8. The van der Waals surface area contributed by atoms with Gasteiger partial charge in [-0.2, -0.15) is 4.31 Å². The number of likely N-dealkylation sites (N-methyl/N-ethyl adjacent to an activating group) is 1. The Morgan fingerprint density at radius 1 is 1.25 bits per heavy atom. The molecule has 0 bridgehead atoms. The van der Waals surface area contributed by atoms with Crippen molar-refractivity contribution in [1.82, 2.24) is 9.21 Å². The minimum absolute atomic E-state index is 0.0372. The van der Waals surface area contributed by atoms with Crippen molar-refractivity contribution >= 4 is 10.0 Å². The molecule has 0 amide bonds. The molecule has 3 rings (SSSR count). The van der Waals surface area contributed by atoms with Crippen LogP contribution in [-0.2, 0) is 16.6 Å². The van der Waals surface area contributed by atoms with Crippen LogP contribution >= 0.6 is 0 Å². The summed E-state index contributed by atoms with van der Waals surface area (Å²) in [6, 6.07) is 11.7. The van der Waals surface area contributed by atoms with Gasteiger partial charge in [-0.25, -0.2) is 12.8 Å². The van der Waals surface area contributed by atoms with E-state index in [2.05, 4.69) is 4.90 Å². The Kier molecular flexibility index (Phi) is 6.37. The van der Waals surface area contributed by atoms with Gasteiger partial charge in [-0.15, -0.1) is 0 Å². The van der Waals surface area contributed by atoms with Gasteiger partial charge < -0.3 is 4.74 Å². The zero-order valence-corrected chi connectivity index (χ0v) is 17.4. The molecule has 1 heterocycles. The van der Waals surface area contributed by atoms with E-state index in [-0.39, 0.29) is 10.9 Å². The summed E-state index contributed by atoms with van der Waals surface area (Å²) in [5.74, 6) is 0.322. The molecule has 2 aromatic rings. The summed E-state index contributed by atoms with van der Waals surface area (Å²) in [4.78, 5) is 2.27. The Hall–Kier alpha value is -1.96. The van der Waals surface area contributed by atoms with Gasteiger partial charge in [0.25, 0.3) is 0 Å². The summed E-state index contributed by atoms with van der Waals surface area (Å²) >= 11 is 0. The highest BCUT2D eigenvalue weighted by Gasteiger charge is 2.34. The second-order valence-corrected chi connectivity index (χ2v) is 9.12. The zero-order chi connectivity index (χ0) is 20.3. The number of rotatable bonds is 7. The van der Waals surface area contributed by atoms with Gasteiger partial charge in [0.1, 0.15) is 11.6 Å². The quantitative estimate of drug-likeness (QED) is 0.707. The molecule has 1 aliphatic rings. The lowest BCUT2D eigenvalue weighted by Gasteiger charge is -2.25. The fraction of sp³-hybridized carbons (Fsp3) is 0.429. The first-order valence-electron chi connectivity index (χ1n) is 9.50. The van der Waals surface area contributed by atoms with E-state index in [1.807, 2.05) is 31.2 Å². The van der Waals surface area contributed by atoms with Gasteiger partial charge in [-0.3, -0.25) is 4.90 Å². The molecule has 1 aliphatic heterocycles. The van der Waals surface area contributed by atoms with Crippen molar-refractivity contribution in [2.45, 2.75) is 37.8 Å². The number of hydrogen-bond donors (Lipinski definition) is 0. The molecule has 0 aromatic heterocycles. The third-order valence-corrected chi connectivity index (χ3v) is 7.29. The number of sulfonamides is 1. The van der Waals surface area contributed by atoms with Crippen molar-refractivity contribution in [1.29, 1.82) is 0 Å². The highest BCUT2D eigenvalue weighted by molar-refractivity contribution is 7.89. The molecule has 0 radical (unpaired) electrons. The molecule has 0 saturated carbocycles. The molecule has 0 N–H and O–H groups in total. The number of aryl methyl sites for hydroxylation is 1. The van der Waals surface area contributed by atoms with Crippen LogP contribution in [0.3, 0.4) is 0 Å². The Morgan fingerprint density at radius 2 is 2.00 bits per heavy atom. The molecule has 1 saturated heterocycles. The summed E-state index contributed by atoms with van der Waals surface area (Å²) in [6.07, 6.45) is 0.737. The van der Waals surface area contributed by atoms with E-state index >= 15 is 0 Å². The lowest BCUT2D eigenvalue weighted by molar-refractivity contribution is 0.286. The topological polar surface area (TPSA) is 49.9 Å². The molecule has 1 fully saturated rings. The van der Waals surface area contributed by atoms with E-state index in [0.717, 1.165) is 30.3 Å². The average Bonchev–Trinajstić information content (AvgIpc) is 3.13. The minimum Gasteiger partial charge on any atom is -0.494 e. The normalized spacial score (nSPS) is 18.0. The second kappa shape index (κ2) is 8.59. The highest BCUT2D eigenvalue weighted by Crippen LogP contribution is 2.27. The van der Waals surface area contributed by atoms with Crippen molar-refractivity contribution in [2.75, 3.05) is 26.7 Å². The van der Waals surface area contributed by atoms with E-state index in [0.29, 0.717) is 25.3 Å². The van der Waals surface area contributed by atoms with Crippen LogP contribution in [0.4, 0.5) is 4.39 Å². The van der Waals surface area contributed by atoms with Crippen LogP contribution in [-0.4, -0.2) is 50.4 Å². The largest absolute Gasteiger partial charge is 0.494 e. The summed E-state index contributed by atoms with van der Waals surface area (Å²) in [5.41, 5.74) is 1.64. The number of likely N-dealkylation sites (tertiary alicyclic amines) is 1. The molecule has 0 aliphatic carbocycles. The maximum Gasteiger partial charge on any atom is 0.243 e. The molecule has 28 heavy (non-hydrogen) atoms. The molecule has 2 aromatic carbocycles. The molecular weight excluding hydrogens is 379 g/mol. The number of nitrogens with zero attached hydrogens (tertiary/aromatic N) is 2. The van der Waals surface area contributed by atoms with E-state index in [1.54, 1.807) is 14.0 Å². The zero-order valence-electron chi connectivity index (χ0n) is 16.6. The van der Waals surface area contributed by atoms with Crippen LogP contribution in [0.2, 0.25) is 0 Å². The number of benzene rings is 2. The number of ether oxygens (including phenoxy) is 1. The van der Waals surface area contributed by atoms with Gasteiger partial charge in [0.15, 0.2) is 0 Å². The van der Waals surface area contributed by atoms with Gasteiger partial charge in [0, 0.05) is 38.3 Å². The summed E-state index contributed by atoms with van der Waals surface area (Å²) in [6.45, 7) is 6.38. The maximum absolute atomic E-state index is 13.6. The van der Waals surface area contributed by atoms with E-state index < -0.39 is 15.8 Å². The number of hydrogen-bond acceptors (Lipinski definition) is 4. The third kappa shape index (κ3) is 4.37. The SMILES string of the molecule is CCOc1ccccc1CN1CCC(N(C)S(=O)(=O)c2cc(F)ccc2C)C1. The van der Waals surface area contributed by atoms with Gasteiger partial charge in [-0.05, 0) is 44.0 Å². The fourth-order valence-corrected chi connectivity index (χ4v) is 5.24. The monoisotopic (exact) mass is 406 g/mol. The summed E-state index contributed by atoms with van der Waals surface area (Å²) < 4.78 is 46.7. The lowest BCUT2D eigenvalue weighted by atomic mass is 10.2. The maximum atomic E-state index is 13.6. The number of halogens is 1. The molecular formula is C21H27FN2O3S. The molecule has 0 spiro atoms. The van der Waals surface area contributed by atoms with Crippen molar-refractivity contribution in [2.24, 2.45) is 0 Å². The Bertz CT molecular complexity index is 933. The second-order valence-electron chi connectivity index (χ2n) is 7.15. The van der Waals surface area contributed by atoms with Crippen LogP contribution in [0.1, 0.15) is 24.5 Å². The van der Waals surface area contributed by atoms with Crippen LogP contribution in [0, 0.1) is 12.7 Å². The smallest absolute Gasteiger partial charge is 0.243 e. The number of para-hydroxylation sites is 1. The van der Waals surface area contributed by atoms with Crippen LogP contribution in [0.25, 0.3) is 0 Å². The standard InChI is InChI=1S/C21H27FN2O3S/c1-4-27-20-8-6-5-7-17(20)14-24-12-11-19(15-24)23(3)28(25,26)21-13-18(22)10-9-16(21)2/h5-10,13,19H,4,11-12,14-15H2,1-3H3. The molecule has 152 valence electrons. The van der Waals surface area contributed by atoms with Crippen LogP contribution in [0.15, 0.2) is 47.4 Å². The van der Waals surface area contributed by atoms with Crippen LogP contribution < -0.4 is 4.74 Å². The predicted octanol–water partition coefficient (Wildman–Crippen LogP) is 3.43. The average molecular weight is 407 g/mol. The van der Waals surface area contributed by atoms with E-state index in [1.165, 1.54) is 16.4 Å². The van der Waals surface area contributed by atoms with Gasteiger partial charge in [-0.1, -0.05) is 24.3 Å². The Labute approximate surface area is 166 Å². The van der Waals surface area contributed by atoms with E-state index in [4.69, 9.17) is 4.74 Å². The molecule has 7 heteroatoms. The molecule has 5 nitrogen and oxygen atoms in total. The Balaban J connectivity index is 1.72. The third-order valence-electron chi connectivity index (χ3n) is 5.24. The summed E-state index contributed by atoms with van der Waals surface area (Å²) in [5, 5.41) is 0. The summed E-state index contributed by atoms with van der Waals surface area (Å²) in [7, 11) is -2.16.